The van der Waals surface area contributed by atoms with E-state index in [2.05, 4.69) is 19.0 Å². The number of nitrogen functional groups attached to an aromatic ring is 1. The molecule has 0 fully saturated rings. The maximum atomic E-state index is 13.0. The molecule has 0 spiro atoms. The lowest BCUT2D eigenvalue weighted by Crippen LogP contribution is -1.97. The molecule has 0 saturated carbocycles. The summed E-state index contributed by atoms with van der Waals surface area (Å²) in [7, 11) is 0. The highest BCUT2D eigenvalue weighted by Gasteiger charge is 2.21. The first-order valence-electron chi connectivity index (χ1n) is 6.18. The van der Waals surface area contributed by atoms with E-state index in [9.17, 15) is 4.39 Å². The molecule has 0 aliphatic carbocycles. The van der Waals surface area contributed by atoms with Crippen molar-refractivity contribution in [2.75, 3.05) is 5.73 Å². The number of benzene rings is 1. The second kappa shape index (κ2) is 5.21. The van der Waals surface area contributed by atoms with Crippen LogP contribution in [0.2, 0.25) is 0 Å². The fraction of sp³-hybridized carbons (Fsp3) is 0.357. The molecule has 18 heavy (non-hydrogen) atoms. The zero-order chi connectivity index (χ0) is 13.1. The summed E-state index contributed by atoms with van der Waals surface area (Å²) in [6.45, 7) is 4.20. The van der Waals surface area contributed by atoms with E-state index in [4.69, 9.17) is 10.3 Å². The van der Waals surface area contributed by atoms with Crippen LogP contribution in [-0.2, 0) is 0 Å². The van der Waals surface area contributed by atoms with Gasteiger partial charge in [0.1, 0.15) is 11.6 Å². The fourth-order valence-electron chi connectivity index (χ4n) is 2.16. The summed E-state index contributed by atoms with van der Waals surface area (Å²) in [5, 5.41) is 3.84. The first-order chi connectivity index (χ1) is 8.67. The van der Waals surface area contributed by atoms with E-state index in [0.717, 1.165) is 29.7 Å². The van der Waals surface area contributed by atoms with Gasteiger partial charge < -0.3 is 10.3 Å². The lowest BCUT2D eigenvalue weighted by atomic mass is 9.94. The van der Waals surface area contributed by atoms with E-state index in [-0.39, 0.29) is 11.7 Å². The highest BCUT2D eigenvalue weighted by atomic mass is 19.1. The van der Waals surface area contributed by atoms with Crippen LogP contribution >= 0.6 is 0 Å². The Morgan fingerprint density at radius 2 is 1.83 bits per heavy atom. The van der Waals surface area contributed by atoms with Crippen molar-refractivity contribution in [2.24, 2.45) is 0 Å². The smallest absolute Gasteiger partial charge is 0.175 e. The number of hydrogen-bond donors (Lipinski definition) is 1. The minimum absolute atomic E-state index is 0.266. The molecule has 4 heteroatoms. The van der Waals surface area contributed by atoms with Crippen molar-refractivity contribution in [1.82, 2.24) is 5.16 Å². The van der Waals surface area contributed by atoms with Crippen molar-refractivity contribution in [3.8, 4) is 11.1 Å². The largest absolute Gasteiger partial charge is 0.380 e. The predicted molar refractivity (Wildman–Crippen MR) is 69.6 cm³/mol. The summed E-state index contributed by atoms with van der Waals surface area (Å²) in [5.74, 6) is 1.18. The van der Waals surface area contributed by atoms with Crippen molar-refractivity contribution in [1.29, 1.82) is 0 Å². The van der Waals surface area contributed by atoms with Gasteiger partial charge in [0.2, 0.25) is 0 Å². The van der Waals surface area contributed by atoms with Crippen LogP contribution in [-0.4, -0.2) is 5.16 Å². The number of rotatable bonds is 4. The van der Waals surface area contributed by atoms with Gasteiger partial charge in [-0.2, -0.15) is 0 Å². The SMILES string of the molecule is CCC(CC)c1onc(N)c1-c1ccc(F)cc1. The van der Waals surface area contributed by atoms with Gasteiger partial charge in [0.25, 0.3) is 0 Å². The average molecular weight is 248 g/mol. The molecular weight excluding hydrogens is 231 g/mol. The highest BCUT2D eigenvalue weighted by Crippen LogP contribution is 2.36. The van der Waals surface area contributed by atoms with Crippen molar-refractivity contribution in [2.45, 2.75) is 32.6 Å². The Labute approximate surface area is 106 Å². The highest BCUT2D eigenvalue weighted by molar-refractivity contribution is 5.75. The molecule has 2 aromatic rings. The van der Waals surface area contributed by atoms with E-state index >= 15 is 0 Å². The van der Waals surface area contributed by atoms with Crippen LogP contribution in [0, 0.1) is 5.82 Å². The molecule has 3 nitrogen and oxygen atoms in total. The minimum Gasteiger partial charge on any atom is -0.380 e. The predicted octanol–water partition coefficient (Wildman–Crippen LogP) is 3.97. The minimum atomic E-state index is -0.266. The van der Waals surface area contributed by atoms with Crippen LogP contribution < -0.4 is 5.73 Å². The van der Waals surface area contributed by atoms with Gasteiger partial charge in [0.05, 0.1) is 5.56 Å². The first-order valence-corrected chi connectivity index (χ1v) is 6.18. The van der Waals surface area contributed by atoms with Crippen molar-refractivity contribution in [3.05, 3.63) is 35.8 Å². The summed E-state index contributed by atoms with van der Waals surface area (Å²) < 4.78 is 18.3. The number of nitrogens with two attached hydrogens (primary N) is 1. The van der Waals surface area contributed by atoms with Crippen LogP contribution in [0.25, 0.3) is 11.1 Å². The van der Waals surface area contributed by atoms with Gasteiger partial charge in [0.15, 0.2) is 5.82 Å². The normalized spacial score (nSPS) is 11.1. The number of aromatic nitrogens is 1. The zero-order valence-corrected chi connectivity index (χ0v) is 10.6. The first kappa shape index (κ1) is 12.6. The van der Waals surface area contributed by atoms with Gasteiger partial charge in [-0.1, -0.05) is 31.1 Å². The maximum Gasteiger partial charge on any atom is 0.175 e. The van der Waals surface area contributed by atoms with E-state index < -0.39 is 0 Å². The van der Waals surface area contributed by atoms with Gasteiger partial charge in [-0.25, -0.2) is 4.39 Å². The topological polar surface area (TPSA) is 52.0 Å². The third-order valence-electron chi connectivity index (χ3n) is 3.23. The monoisotopic (exact) mass is 248 g/mol. The molecule has 0 unspecified atom stereocenters. The molecule has 0 saturated heterocycles. The standard InChI is InChI=1S/C14H17FN2O/c1-3-9(4-2)13-12(14(16)17-18-13)10-5-7-11(15)8-6-10/h5-9H,3-4H2,1-2H3,(H2,16,17). The van der Waals surface area contributed by atoms with E-state index in [1.807, 2.05) is 0 Å². The van der Waals surface area contributed by atoms with Gasteiger partial charge in [0, 0.05) is 5.92 Å². The number of anilines is 1. The quantitative estimate of drug-likeness (QED) is 0.890. The second-order valence-corrected chi connectivity index (χ2v) is 4.33. The van der Waals surface area contributed by atoms with Gasteiger partial charge in [-0.15, -0.1) is 0 Å². The molecule has 0 bridgehead atoms. The van der Waals surface area contributed by atoms with Gasteiger partial charge >= 0.3 is 0 Å². The second-order valence-electron chi connectivity index (χ2n) is 4.33. The number of hydrogen-bond acceptors (Lipinski definition) is 3. The Bertz CT molecular complexity index is 515. The summed E-state index contributed by atoms with van der Waals surface area (Å²) in [4.78, 5) is 0. The van der Waals surface area contributed by atoms with Crippen molar-refractivity contribution >= 4 is 5.82 Å². The Balaban J connectivity index is 2.49. The summed E-state index contributed by atoms with van der Waals surface area (Å²) >= 11 is 0. The molecule has 1 heterocycles. The Hall–Kier alpha value is -1.84. The van der Waals surface area contributed by atoms with Crippen molar-refractivity contribution < 1.29 is 8.91 Å². The number of nitrogens with zero attached hydrogens (tertiary/aromatic N) is 1. The van der Waals surface area contributed by atoms with Crippen LogP contribution in [0.4, 0.5) is 10.2 Å². The molecule has 0 atom stereocenters. The van der Waals surface area contributed by atoms with Crippen LogP contribution in [0.3, 0.4) is 0 Å². The zero-order valence-electron chi connectivity index (χ0n) is 10.6. The number of halogens is 1. The van der Waals surface area contributed by atoms with Gasteiger partial charge in [-0.3, -0.25) is 0 Å². The van der Waals surface area contributed by atoms with Gasteiger partial charge in [-0.05, 0) is 30.5 Å². The van der Waals surface area contributed by atoms with Crippen LogP contribution in [0.15, 0.2) is 28.8 Å². The molecule has 2 rings (SSSR count). The molecule has 0 amide bonds. The van der Waals surface area contributed by atoms with Crippen LogP contribution in [0.5, 0.6) is 0 Å². The lowest BCUT2D eigenvalue weighted by molar-refractivity contribution is 0.356. The summed E-state index contributed by atoms with van der Waals surface area (Å²) in [5.41, 5.74) is 7.50. The summed E-state index contributed by atoms with van der Waals surface area (Å²) in [6, 6.07) is 6.23. The molecule has 0 aliphatic heterocycles. The lowest BCUT2D eigenvalue weighted by Gasteiger charge is -2.10. The Kier molecular flexibility index (Phi) is 3.65. The molecule has 96 valence electrons. The molecular formula is C14H17FN2O. The van der Waals surface area contributed by atoms with E-state index in [1.165, 1.54) is 12.1 Å². The molecule has 0 aliphatic rings. The van der Waals surface area contributed by atoms with E-state index in [1.54, 1.807) is 12.1 Å². The van der Waals surface area contributed by atoms with E-state index in [0.29, 0.717) is 5.82 Å². The summed E-state index contributed by atoms with van der Waals surface area (Å²) in [6.07, 6.45) is 1.92. The maximum absolute atomic E-state index is 13.0. The van der Waals surface area contributed by atoms with Crippen LogP contribution in [0.1, 0.15) is 38.4 Å². The van der Waals surface area contributed by atoms with Crippen molar-refractivity contribution in [3.63, 3.8) is 0 Å². The fourth-order valence-corrected chi connectivity index (χ4v) is 2.16. The third kappa shape index (κ3) is 2.23. The Morgan fingerprint density at radius 1 is 1.22 bits per heavy atom. The molecule has 0 radical (unpaired) electrons. The average Bonchev–Trinajstić information content (AvgIpc) is 2.74. The molecule has 1 aromatic carbocycles. The molecule has 2 N–H and O–H groups in total. The molecule has 1 aromatic heterocycles. The third-order valence-corrected chi connectivity index (χ3v) is 3.23. The Morgan fingerprint density at radius 3 is 2.39 bits per heavy atom.